The number of hydrogen-bond donors (Lipinski definition) is 1. The molecule has 1 heterocycles. The van der Waals surface area contributed by atoms with E-state index in [4.69, 9.17) is 0 Å². The molecule has 1 fully saturated rings. The van der Waals surface area contributed by atoms with Gasteiger partial charge in [-0.25, -0.2) is 0 Å². The van der Waals surface area contributed by atoms with Crippen LogP contribution in [0, 0.1) is 0 Å². The van der Waals surface area contributed by atoms with Gasteiger partial charge in [0, 0.05) is 19.1 Å². The molecule has 1 saturated heterocycles. The Hall–Kier alpha value is -0.410. The van der Waals surface area contributed by atoms with E-state index in [1.807, 2.05) is 0 Å². The van der Waals surface area contributed by atoms with Crippen molar-refractivity contribution in [3.63, 3.8) is 0 Å². The van der Waals surface area contributed by atoms with Crippen LogP contribution < -0.4 is 5.32 Å². The van der Waals surface area contributed by atoms with Crippen molar-refractivity contribution in [3.05, 3.63) is 0 Å². The third kappa shape index (κ3) is 2.60. The van der Waals surface area contributed by atoms with E-state index in [1.54, 1.807) is 0 Å². The molecule has 0 aromatic carbocycles. The summed E-state index contributed by atoms with van der Waals surface area (Å²) in [5.41, 5.74) is 0. The minimum absolute atomic E-state index is 0.302. The summed E-state index contributed by atoms with van der Waals surface area (Å²) < 4.78 is 0. The zero-order chi connectivity index (χ0) is 8.27. The zero-order valence-corrected chi connectivity index (χ0v) is 7.26. The van der Waals surface area contributed by atoms with Crippen molar-refractivity contribution >= 4 is 5.78 Å². The van der Waals surface area contributed by atoms with E-state index in [1.165, 1.54) is 0 Å². The minimum Gasteiger partial charge on any atom is -0.309 e. The molecule has 0 aliphatic carbocycles. The van der Waals surface area contributed by atoms with Gasteiger partial charge in [0.25, 0.3) is 0 Å². The SMILES string of the molecule is CC(C)N1CCNCC(=O)C1. The zero-order valence-electron chi connectivity index (χ0n) is 7.26. The van der Waals surface area contributed by atoms with E-state index in [0.29, 0.717) is 24.9 Å². The quantitative estimate of drug-likeness (QED) is 0.574. The predicted octanol–water partition coefficient (Wildman–Crippen LogP) is -0.131. The second-order valence-corrected chi connectivity index (χ2v) is 3.28. The van der Waals surface area contributed by atoms with Crippen LogP contribution in [0.1, 0.15) is 13.8 Å². The number of hydrogen-bond acceptors (Lipinski definition) is 3. The number of ketones is 1. The normalized spacial score (nSPS) is 22.3. The van der Waals surface area contributed by atoms with Crippen LogP contribution in [0.15, 0.2) is 0 Å². The summed E-state index contributed by atoms with van der Waals surface area (Å²) in [7, 11) is 0. The second-order valence-electron chi connectivity index (χ2n) is 3.28. The molecule has 64 valence electrons. The molecule has 0 radical (unpaired) electrons. The van der Waals surface area contributed by atoms with Crippen LogP contribution in [0.25, 0.3) is 0 Å². The van der Waals surface area contributed by atoms with E-state index >= 15 is 0 Å². The van der Waals surface area contributed by atoms with Gasteiger partial charge in [-0.3, -0.25) is 9.69 Å². The van der Waals surface area contributed by atoms with Gasteiger partial charge < -0.3 is 5.32 Å². The molecule has 0 atom stereocenters. The van der Waals surface area contributed by atoms with E-state index in [9.17, 15) is 4.79 Å². The lowest BCUT2D eigenvalue weighted by atomic mass is 10.3. The molecule has 0 aromatic heterocycles. The van der Waals surface area contributed by atoms with Crippen molar-refractivity contribution in [2.45, 2.75) is 19.9 Å². The van der Waals surface area contributed by atoms with E-state index in [2.05, 4.69) is 24.1 Å². The topological polar surface area (TPSA) is 32.3 Å². The molecule has 1 N–H and O–H groups in total. The molecular weight excluding hydrogens is 140 g/mol. The highest BCUT2D eigenvalue weighted by molar-refractivity contribution is 5.82. The summed E-state index contributed by atoms with van der Waals surface area (Å²) in [4.78, 5) is 13.3. The predicted molar refractivity (Wildman–Crippen MR) is 44.6 cm³/mol. The summed E-state index contributed by atoms with van der Waals surface area (Å²) in [5.74, 6) is 0.302. The molecule has 0 aromatic rings. The van der Waals surface area contributed by atoms with Gasteiger partial charge in [-0.05, 0) is 13.8 Å². The first-order chi connectivity index (χ1) is 5.20. The van der Waals surface area contributed by atoms with Crippen molar-refractivity contribution < 1.29 is 4.79 Å². The highest BCUT2D eigenvalue weighted by Crippen LogP contribution is 1.98. The fourth-order valence-corrected chi connectivity index (χ4v) is 1.25. The fourth-order valence-electron chi connectivity index (χ4n) is 1.25. The lowest BCUT2D eigenvalue weighted by Gasteiger charge is -2.22. The molecule has 1 aliphatic rings. The largest absolute Gasteiger partial charge is 0.309 e. The smallest absolute Gasteiger partial charge is 0.160 e. The Labute approximate surface area is 67.8 Å². The van der Waals surface area contributed by atoms with Crippen LogP contribution >= 0.6 is 0 Å². The van der Waals surface area contributed by atoms with Crippen molar-refractivity contribution in [1.29, 1.82) is 0 Å². The lowest BCUT2D eigenvalue weighted by Crippen LogP contribution is -2.35. The molecule has 0 bridgehead atoms. The van der Waals surface area contributed by atoms with Gasteiger partial charge in [-0.1, -0.05) is 0 Å². The first kappa shape index (κ1) is 8.68. The van der Waals surface area contributed by atoms with Crippen LogP contribution in [0.5, 0.6) is 0 Å². The number of Topliss-reactive ketones (excluding diaryl/α,β-unsaturated/α-hetero) is 1. The van der Waals surface area contributed by atoms with Gasteiger partial charge in [-0.2, -0.15) is 0 Å². The van der Waals surface area contributed by atoms with E-state index in [-0.39, 0.29) is 0 Å². The Kier molecular flexibility index (Phi) is 3.02. The molecular formula is C8H16N2O. The van der Waals surface area contributed by atoms with Gasteiger partial charge in [0.1, 0.15) is 0 Å². The van der Waals surface area contributed by atoms with Gasteiger partial charge in [0.2, 0.25) is 0 Å². The van der Waals surface area contributed by atoms with Gasteiger partial charge >= 0.3 is 0 Å². The average Bonchev–Trinajstić information content (AvgIpc) is 2.13. The Morgan fingerprint density at radius 1 is 1.55 bits per heavy atom. The first-order valence-electron chi connectivity index (χ1n) is 4.16. The van der Waals surface area contributed by atoms with Crippen molar-refractivity contribution in [3.8, 4) is 0 Å². The Morgan fingerprint density at radius 2 is 2.27 bits per heavy atom. The maximum absolute atomic E-state index is 11.1. The standard InChI is InChI=1S/C8H16N2O/c1-7(2)10-4-3-9-5-8(11)6-10/h7,9H,3-6H2,1-2H3. The molecule has 1 aliphatic heterocycles. The molecule has 0 saturated carbocycles. The molecule has 0 amide bonds. The van der Waals surface area contributed by atoms with Crippen LogP contribution in [-0.2, 0) is 4.79 Å². The molecule has 3 nitrogen and oxygen atoms in total. The highest BCUT2D eigenvalue weighted by atomic mass is 16.1. The number of nitrogens with zero attached hydrogens (tertiary/aromatic N) is 1. The van der Waals surface area contributed by atoms with E-state index < -0.39 is 0 Å². The monoisotopic (exact) mass is 156 g/mol. The van der Waals surface area contributed by atoms with Gasteiger partial charge in [0.05, 0.1) is 13.1 Å². The second kappa shape index (κ2) is 3.83. The molecule has 11 heavy (non-hydrogen) atoms. The van der Waals surface area contributed by atoms with Crippen LogP contribution in [0.3, 0.4) is 0 Å². The third-order valence-electron chi connectivity index (χ3n) is 2.01. The van der Waals surface area contributed by atoms with Crippen molar-refractivity contribution in [1.82, 2.24) is 10.2 Å². The average molecular weight is 156 g/mol. The van der Waals surface area contributed by atoms with Crippen molar-refractivity contribution in [2.24, 2.45) is 0 Å². The lowest BCUT2D eigenvalue weighted by molar-refractivity contribution is -0.119. The van der Waals surface area contributed by atoms with Crippen LogP contribution in [-0.4, -0.2) is 42.9 Å². The summed E-state index contributed by atoms with van der Waals surface area (Å²) in [6.07, 6.45) is 0. The fraction of sp³-hybridized carbons (Fsp3) is 0.875. The van der Waals surface area contributed by atoms with Crippen LogP contribution in [0.4, 0.5) is 0 Å². The van der Waals surface area contributed by atoms with E-state index in [0.717, 1.165) is 13.1 Å². The number of rotatable bonds is 1. The Balaban J connectivity index is 2.45. The number of nitrogens with one attached hydrogen (secondary N) is 1. The summed E-state index contributed by atoms with van der Waals surface area (Å²) in [6, 6.07) is 0.485. The maximum Gasteiger partial charge on any atom is 0.160 e. The van der Waals surface area contributed by atoms with Crippen LogP contribution in [0.2, 0.25) is 0 Å². The third-order valence-corrected chi connectivity index (χ3v) is 2.01. The Morgan fingerprint density at radius 3 is 2.91 bits per heavy atom. The van der Waals surface area contributed by atoms with Gasteiger partial charge in [-0.15, -0.1) is 0 Å². The maximum atomic E-state index is 11.1. The Bertz CT molecular complexity index is 145. The summed E-state index contributed by atoms with van der Waals surface area (Å²) in [5, 5.41) is 3.09. The molecule has 0 unspecified atom stereocenters. The summed E-state index contributed by atoms with van der Waals surface area (Å²) in [6.45, 7) is 7.33. The first-order valence-corrected chi connectivity index (χ1v) is 4.16. The molecule has 1 rings (SSSR count). The molecule has 3 heteroatoms. The number of carbonyl (C=O) groups excluding carboxylic acids is 1. The highest BCUT2D eigenvalue weighted by Gasteiger charge is 2.16. The molecule has 0 spiro atoms. The van der Waals surface area contributed by atoms with Gasteiger partial charge in [0.15, 0.2) is 5.78 Å². The minimum atomic E-state index is 0.302. The number of carbonyl (C=O) groups is 1. The summed E-state index contributed by atoms with van der Waals surface area (Å²) >= 11 is 0. The van der Waals surface area contributed by atoms with Crippen molar-refractivity contribution in [2.75, 3.05) is 26.2 Å².